The first kappa shape index (κ1) is 20.8. The highest BCUT2D eigenvalue weighted by atomic mass is 19.1. The quantitative estimate of drug-likeness (QED) is 0.774. The van der Waals surface area contributed by atoms with Gasteiger partial charge in [0.05, 0.1) is 24.0 Å². The molecule has 1 aromatic heterocycles. The Kier molecular flexibility index (Phi) is 6.29. The molecular formula is C19H20FN3O5. The molecule has 0 radical (unpaired) electrons. The molecule has 9 heteroatoms. The zero-order valence-corrected chi connectivity index (χ0v) is 15.8. The summed E-state index contributed by atoms with van der Waals surface area (Å²) in [7, 11) is 1.23. The van der Waals surface area contributed by atoms with Gasteiger partial charge in [0.1, 0.15) is 17.1 Å². The van der Waals surface area contributed by atoms with Crippen molar-refractivity contribution >= 4 is 29.3 Å². The second-order valence-electron chi connectivity index (χ2n) is 6.69. The van der Waals surface area contributed by atoms with Gasteiger partial charge in [-0.05, 0) is 51.1 Å². The third kappa shape index (κ3) is 5.76. The van der Waals surface area contributed by atoms with E-state index in [-0.39, 0.29) is 22.6 Å². The van der Waals surface area contributed by atoms with E-state index in [1.54, 1.807) is 20.8 Å². The average Bonchev–Trinajstić information content (AvgIpc) is 2.62. The monoisotopic (exact) mass is 389 g/mol. The molecule has 0 aliphatic rings. The largest absolute Gasteiger partial charge is 0.465 e. The number of nitrogens with zero attached hydrogens (tertiary/aromatic N) is 1. The molecule has 0 bridgehead atoms. The number of hydrogen-bond donors (Lipinski definition) is 2. The van der Waals surface area contributed by atoms with Crippen LogP contribution in [0.15, 0.2) is 36.5 Å². The molecule has 0 atom stereocenters. The minimum Gasteiger partial charge on any atom is -0.465 e. The number of aromatic nitrogens is 1. The third-order valence-electron chi connectivity index (χ3n) is 3.28. The molecule has 0 saturated carbocycles. The summed E-state index contributed by atoms with van der Waals surface area (Å²) in [4.78, 5) is 39.6. The van der Waals surface area contributed by atoms with Gasteiger partial charge in [-0.2, -0.15) is 0 Å². The molecule has 0 spiro atoms. The van der Waals surface area contributed by atoms with Crippen LogP contribution in [0.4, 0.5) is 20.6 Å². The topological polar surface area (TPSA) is 107 Å². The molecule has 2 rings (SSSR count). The summed E-state index contributed by atoms with van der Waals surface area (Å²) in [5, 5.41) is 4.93. The fourth-order valence-electron chi connectivity index (χ4n) is 2.10. The molecule has 0 saturated heterocycles. The molecule has 8 nitrogen and oxygen atoms in total. The van der Waals surface area contributed by atoms with Gasteiger partial charge in [-0.15, -0.1) is 0 Å². The molecule has 2 N–H and O–H groups in total. The molecule has 0 unspecified atom stereocenters. The van der Waals surface area contributed by atoms with Crippen molar-refractivity contribution in [2.45, 2.75) is 26.4 Å². The van der Waals surface area contributed by atoms with Crippen molar-refractivity contribution in [3.8, 4) is 0 Å². The maximum absolute atomic E-state index is 13.6. The van der Waals surface area contributed by atoms with Crippen molar-refractivity contribution in [3.05, 3.63) is 53.6 Å². The number of esters is 1. The highest BCUT2D eigenvalue weighted by Gasteiger charge is 2.19. The lowest BCUT2D eigenvalue weighted by Crippen LogP contribution is -2.27. The third-order valence-corrected chi connectivity index (χ3v) is 3.28. The Bertz CT molecular complexity index is 891. The number of halogens is 1. The Labute approximate surface area is 161 Å². The Morgan fingerprint density at radius 1 is 1.04 bits per heavy atom. The summed E-state index contributed by atoms with van der Waals surface area (Å²) < 4.78 is 23.3. The summed E-state index contributed by atoms with van der Waals surface area (Å²) in [5.41, 5.74) is -0.388. The van der Waals surface area contributed by atoms with Crippen LogP contribution in [0, 0.1) is 5.82 Å². The minimum absolute atomic E-state index is 0.0138. The number of nitrogens with one attached hydrogen (secondary N) is 2. The van der Waals surface area contributed by atoms with Crippen LogP contribution in [-0.4, -0.2) is 35.7 Å². The average molecular weight is 389 g/mol. The second kappa shape index (κ2) is 8.47. The molecule has 0 aliphatic heterocycles. The number of rotatable bonds is 4. The number of anilines is 2. The lowest BCUT2D eigenvalue weighted by atomic mass is 10.2. The van der Waals surface area contributed by atoms with E-state index in [9.17, 15) is 18.8 Å². The molecule has 2 aromatic rings. The highest BCUT2D eigenvalue weighted by Crippen LogP contribution is 2.24. The molecular weight excluding hydrogens is 369 g/mol. The van der Waals surface area contributed by atoms with Crippen LogP contribution in [0.1, 0.15) is 41.6 Å². The normalized spacial score (nSPS) is 10.8. The summed E-state index contributed by atoms with van der Waals surface area (Å²) in [6.07, 6.45) is 0.432. The zero-order chi connectivity index (χ0) is 20.9. The lowest BCUT2D eigenvalue weighted by Gasteiger charge is -2.20. The van der Waals surface area contributed by atoms with Crippen molar-refractivity contribution in [3.63, 3.8) is 0 Å². The van der Waals surface area contributed by atoms with E-state index >= 15 is 0 Å². The number of ether oxygens (including phenoxy) is 2. The number of benzene rings is 1. The maximum Gasteiger partial charge on any atom is 0.412 e. The first-order valence-electron chi connectivity index (χ1n) is 8.24. The van der Waals surface area contributed by atoms with Crippen molar-refractivity contribution in [1.29, 1.82) is 0 Å². The predicted octanol–water partition coefficient (Wildman–Crippen LogP) is 3.61. The Balaban J connectivity index is 2.18. The van der Waals surface area contributed by atoms with Crippen molar-refractivity contribution in [2.75, 3.05) is 17.7 Å². The standard InChI is InChI=1S/C19H20FN3O5/c1-19(2,3)28-18(26)23-13-8-6-12(20)9-15(13)22-16(24)14-7-5-11(10-21-14)17(25)27-4/h5-10H,1-4H3,(H,22,24)(H,23,26). The molecule has 148 valence electrons. The Morgan fingerprint density at radius 2 is 1.75 bits per heavy atom. The van der Waals surface area contributed by atoms with Crippen LogP contribution < -0.4 is 10.6 Å². The molecule has 28 heavy (non-hydrogen) atoms. The van der Waals surface area contributed by atoms with E-state index in [1.165, 1.54) is 31.5 Å². The van der Waals surface area contributed by atoms with Gasteiger partial charge in [0.25, 0.3) is 5.91 Å². The van der Waals surface area contributed by atoms with Crippen LogP contribution in [0.5, 0.6) is 0 Å². The molecule has 0 fully saturated rings. The first-order chi connectivity index (χ1) is 13.1. The zero-order valence-electron chi connectivity index (χ0n) is 15.8. The van der Waals surface area contributed by atoms with E-state index in [1.807, 2.05) is 0 Å². The van der Waals surface area contributed by atoms with Gasteiger partial charge in [-0.1, -0.05) is 0 Å². The molecule has 2 amide bonds. The number of hydrogen-bond acceptors (Lipinski definition) is 6. The number of pyridine rings is 1. The van der Waals surface area contributed by atoms with Crippen molar-refractivity contribution < 1.29 is 28.2 Å². The highest BCUT2D eigenvalue weighted by molar-refractivity contribution is 6.06. The van der Waals surface area contributed by atoms with E-state index in [0.29, 0.717) is 0 Å². The summed E-state index contributed by atoms with van der Waals surface area (Å²) >= 11 is 0. The Morgan fingerprint density at radius 3 is 2.32 bits per heavy atom. The molecule has 1 aromatic carbocycles. The number of amides is 2. The van der Waals surface area contributed by atoms with Gasteiger partial charge in [-0.3, -0.25) is 15.1 Å². The van der Waals surface area contributed by atoms with E-state index in [4.69, 9.17) is 4.74 Å². The van der Waals surface area contributed by atoms with Gasteiger partial charge in [0.15, 0.2) is 0 Å². The van der Waals surface area contributed by atoms with E-state index in [0.717, 1.165) is 12.1 Å². The van der Waals surface area contributed by atoms with Crippen LogP contribution >= 0.6 is 0 Å². The first-order valence-corrected chi connectivity index (χ1v) is 8.24. The molecule has 1 heterocycles. The lowest BCUT2D eigenvalue weighted by molar-refractivity contribution is 0.0597. The number of carbonyl (C=O) groups excluding carboxylic acids is 3. The predicted molar refractivity (Wildman–Crippen MR) is 99.8 cm³/mol. The fraction of sp³-hybridized carbons (Fsp3) is 0.263. The number of methoxy groups -OCH3 is 1. The SMILES string of the molecule is COC(=O)c1ccc(C(=O)Nc2cc(F)ccc2NC(=O)OC(C)(C)C)nc1. The minimum atomic E-state index is -0.754. The maximum atomic E-state index is 13.6. The van der Waals surface area contributed by atoms with Crippen molar-refractivity contribution in [1.82, 2.24) is 4.98 Å². The van der Waals surface area contributed by atoms with Gasteiger partial charge < -0.3 is 14.8 Å². The summed E-state index contributed by atoms with van der Waals surface area (Å²) in [5.74, 6) is -1.86. The second-order valence-corrected chi connectivity index (χ2v) is 6.69. The Hall–Kier alpha value is -3.49. The smallest absolute Gasteiger partial charge is 0.412 e. The van der Waals surface area contributed by atoms with Gasteiger partial charge in [0, 0.05) is 6.20 Å². The van der Waals surface area contributed by atoms with Crippen LogP contribution in [0.25, 0.3) is 0 Å². The van der Waals surface area contributed by atoms with E-state index in [2.05, 4.69) is 20.4 Å². The molecule has 0 aliphatic carbocycles. The van der Waals surface area contributed by atoms with Gasteiger partial charge >= 0.3 is 12.1 Å². The summed E-state index contributed by atoms with van der Waals surface area (Å²) in [6, 6.07) is 6.17. The van der Waals surface area contributed by atoms with Gasteiger partial charge in [-0.25, -0.2) is 14.0 Å². The van der Waals surface area contributed by atoms with Crippen molar-refractivity contribution in [2.24, 2.45) is 0 Å². The van der Waals surface area contributed by atoms with Gasteiger partial charge in [0.2, 0.25) is 0 Å². The summed E-state index contributed by atoms with van der Waals surface area (Å²) in [6.45, 7) is 5.09. The fourth-order valence-corrected chi connectivity index (χ4v) is 2.10. The van der Waals surface area contributed by atoms with Crippen LogP contribution in [0.2, 0.25) is 0 Å². The van der Waals surface area contributed by atoms with Crippen LogP contribution in [0.3, 0.4) is 0 Å². The number of carbonyl (C=O) groups is 3. The van der Waals surface area contributed by atoms with Crippen LogP contribution in [-0.2, 0) is 9.47 Å². The van der Waals surface area contributed by atoms with E-state index < -0.39 is 29.4 Å².